The largest absolute Gasteiger partial charge is 0.352 e. The fourth-order valence-corrected chi connectivity index (χ4v) is 4.23. The first-order valence-corrected chi connectivity index (χ1v) is 11.3. The fraction of sp³-hybridized carbons (Fsp3) is 0.364. The van der Waals surface area contributed by atoms with Crippen LogP contribution < -0.4 is 10.6 Å². The van der Waals surface area contributed by atoms with Crippen molar-refractivity contribution >= 4 is 18.2 Å². The summed E-state index contributed by atoms with van der Waals surface area (Å²) in [5.74, 6) is -2.29. The maximum absolute atomic E-state index is 14.4. The molecule has 0 bridgehead atoms. The molecule has 0 spiro atoms. The molecule has 0 saturated carbocycles. The van der Waals surface area contributed by atoms with Gasteiger partial charge in [-0.05, 0) is 24.6 Å². The molecule has 188 valence electrons. The number of hydrogen-bond donors (Lipinski definition) is 0. The van der Waals surface area contributed by atoms with Gasteiger partial charge in [0, 0.05) is 51.4 Å². The van der Waals surface area contributed by atoms with Crippen LogP contribution in [0.15, 0.2) is 40.6 Å². The molecule has 0 N–H and O–H groups in total. The molecule has 2 amide bonds. The van der Waals surface area contributed by atoms with Crippen molar-refractivity contribution in [2.75, 3.05) is 31.1 Å². The van der Waals surface area contributed by atoms with Crippen LogP contribution in [0.2, 0.25) is 0 Å². The second-order valence-corrected chi connectivity index (χ2v) is 8.31. The van der Waals surface area contributed by atoms with Crippen LogP contribution in [0.3, 0.4) is 0 Å². The van der Waals surface area contributed by atoms with Crippen molar-refractivity contribution in [1.82, 2.24) is 34.2 Å². The van der Waals surface area contributed by atoms with Gasteiger partial charge in [0.15, 0.2) is 11.6 Å². The van der Waals surface area contributed by atoms with E-state index in [2.05, 4.69) is 20.2 Å². The lowest BCUT2D eigenvalue weighted by molar-refractivity contribution is 0.139. The van der Waals surface area contributed by atoms with E-state index in [-0.39, 0.29) is 24.9 Å². The minimum absolute atomic E-state index is 0.198. The number of anilines is 1. The van der Waals surface area contributed by atoms with Gasteiger partial charge in [-0.2, -0.15) is 19.9 Å². The number of hydrogen-bond acceptors (Lipinski definition) is 7. The van der Waals surface area contributed by atoms with E-state index in [9.17, 15) is 22.8 Å². The minimum atomic E-state index is -0.789. The molecule has 4 heterocycles. The Balaban J connectivity index is 1.29. The lowest BCUT2D eigenvalue weighted by Crippen LogP contribution is -2.52. The van der Waals surface area contributed by atoms with E-state index in [0.29, 0.717) is 31.6 Å². The van der Waals surface area contributed by atoms with Crippen molar-refractivity contribution < 1.29 is 18.0 Å². The van der Waals surface area contributed by atoms with Gasteiger partial charge < -0.3 is 9.80 Å². The van der Waals surface area contributed by atoms with E-state index in [1.54, 1.807) is 16.7 Å². The van der Waals surface area contributed by atoms with Gasteiger partial charge in [-0.1, -0.05) is 0 Å². The predicted octanol–water partition coefficient (Wildman–Crippen LogP) is 1.94. The average molecular weight is 501 g/mol. The zero-order chi connectivity index (χ0) is 25.4. The highest BCUT2D eigenvalue weighted by Gasteiger charge is 2.34. The normalized spacial score (nSPS) is 17.8. The molecule has 36 heavy (non-hydrogen) atoms. The second kappa shape index (κ2) is 9.43. The molecule has 5 rings (SSSR count). The zero-order valence-electron chi connectivity index (χ0n) is 19.3. The first kappa shape index (κ1) is 23.5. The van der Waals surface area contributed by atoms with Gasteiger partial charge in [-0.25, -0.2) is 32.8 Å². The molecule has 2 aliphatic rings. The van der Waals surface area contributed by atoms with E-state index in [1.165, 1.54) is 34.3 Å². The Morgan fingerprint density at radius 3 is 2.47 bits per heavy atom. The summed E-state index contributed by atoms with van der Waals surface area (Å²) >= 11 is 0. The Labute approximate surface area is 203 Å². The summed E-state index contributed by atoms with van der Waals surface area (Å²) in [5, 5.41) is 9.28. The van der Waals surface area contributed by atoms with Crippen LogP contribution in [0.5, 0.6) is 0 Å². The van der Waals surface area contributed by atoms with Gasteiger partial charge in [0.1, 0.15) is 18.0 Å². The number of urea groups is 1. The van der Waals surface area contributed by atoms with Crippen molar-refractivity contribution in [1.29, 1.82) is 0 Å². The zero-order valence-corrected chi connectivity index (χ0v) is 19.3. The number of rotatable bonds is 4. The van der Waals surface area contributed by atoms with Gasteiger partial charge in [-0.15, -0.1) is 0 Å². The van der Waals surface area contributed by atoms with Crippen LogP contribution in [-0.2, 0) is 6.54 Å². The summed E-state index contributed by atoms with van der Waals surface area (Å²) in [6.45, 7) is 3.40. The standard InChI is InChI=1S/C22H22F3N9O2/c1-2-30-13-28-34(21(30)35)19-17(25)12-26-20(29-19)31-5-7-32(8-6-31)22(36)33-18(3-4-27-33)14-9-15(23)11-16(24)10-14/h4,9-13,18H,2-3,5-8H2,1H3/t18-/m0/s1. The molecule has 3 aromatic rings. The summed E-state index contributed by atoms with van der Waals surface area (Å²) in [5.41, 5.74) is -0.194. The summed E-state index contributed by atoms with van der Waals surface area (Å²) in [7, 11) is 0. The molecule has 2 aliphatic heterocycles. The minimum Gasteiger partial charge on any atom is -0.337 e. The summed E-state index contributed by atoms with van der Waals surface area (Å²) in [6, 6.07) is 2.16. The molecule has 1 fully saturated rings. The lowest BCUT2D eigenvalue weighted by atomic mass is 10.0. The van der Waals surface area contributed by atoms with Crippen molar-refractivity contribution in [2.24, 2.45) is 5.10 Å². The van der Waals surface area contributed by atoms with Crippen molar-refractivity contribution in [3.05, 3.63) is 64.2 Å². The smallest absolute Gasteiger partial charge is 0.337 e. The molecule has 1 aromatic carbocycles. The number of benzene rings is 1. The molecular weight excluding hydrogens is 479 g/mol. The number of carbonyl (C=O) groups is 1. The monoisotopic (exact) mass is 501 g/mol. The van der Waals surface area contributed by atoms with Crippen LogP contribution in [0.25, 0.3) is 5.82 Å². The maximum atomic E-state index is 14.4. The highest BCUT2D eigenvalue weighted by molar-refractivity contribution is 5.78. The Morgan fingerprint density at radius 1 is 1.08 bits per heavy atom. The van der Waals surface area contributed by atoms with Gasteiger partial charge >= 0.3 is 11.7 Å². The Bertz CT molecular complexity index is 1360. The number of carbonyl (C=O) groups excluding carboxylic acids is 1. The average Bonchev–Trinajstić information content (AvgIpc) is 3.50. The summed E-state index contributed by atoms with van der Waals surface area (Å²) in [6.07, 6.45) is 4.17. The van der Waals surface area contributed by atoms with Gasteiger partial charge in [0.2, 0.25) is 5.95 Å². The third-order valence-electron chi connectivity index (χ3n) is 6.12. The quantitative estimate of drug-likeness (QED) is 0.541. The van der Waals surface area contributed by atoms with Crippen LogP contribution in [0, 0.1) is 17.5 Å². The van der Waals surface area contributed by atoms with E-state index in [0.717, 1.165) is 16.9 Å². The fourth-order valence-electron chi connectivity index (χ4n) is 4.23. The number of halogens is 3. The lowest BCUT2D eigenvalue weighted by Gasteiger charge is -2.37. The molecule has 14 heteroatoms. The molecule has 1 saturated heterocycles. The van der Waals surface area contributed by atoms with Gasteiger partial charge in [0.25, 0.3) is 0 Å². The predicted molar refractivity (Wildman–Crippen MR) is 122 cm³/mol. The molecule has 1 atom stereocenters. The Morgan fingerprint density at radius 2 is 1.81 bits per heavy atom. The number of hydrazone groups is 1. The topological polar surface area (TPSA) is 105 Å². The van der Waals surface area contributed by atoms with Gasteiger partial charge in [0.05, 0.1) is 12.2 Å². The summed E-state index contributed by atoms with van der Waals surface area (Å²) in [4.78, 5) is 37.1. The van der Waals surface area contributed by atoms with E-state index >= 15 is 0 Å². The SMILES string of the molecule is CCn1cnn(-c2nc(N3CCN(C(=O)N4N=CC[C@H]4c4cc(F)cc(F)c4)CC3)ncc2F)c1=O. The number of piperazine rings is 1. The molecule has 2 aromatic heterocycles. The van der Waals surface area contributed by atoms with Gasteiger partial charge in [-0.3, -0.25) is 4.57 Å². The number of aryl methyl sites for hydroxylation is 1. The van der Waals surface area contributed by atoms with Crippen LogP contribution >= 0.6 is 0 Å². The highest BCUT2D eigenvalue weighted by atomic mass is 19.1. The Kier molecular flexibility index (Phi) is 6.16. The van der Waals surface area contributed by atoms with Crippen LogP contribution in [-0.4, -0.2) is 72.6 Å². The molecule has 11 nitrogen and oxygen atoms in total. The third kappa shape index (κ3) is 4.29. The molecule has 0 unspecified atom stereocenters. The maximum Gasteiger partial charge on any atom is 0.352 e. The van der Waals surface area contributed by atoms with Crippen molar-refractivity contribution in [3.63, 3.8) is 0 Å². The number of aromatic nitrogens is 5. The molecular formula is C22H22F3N9O2. The highest BCUT2D eigenvalue weighted by Crippen LogP contribution is 2.30. The van der Waals surface area contributed by atoms with Crippen LogP contribution in [0.1, 0.15) is 24.9 Å². The molecule has 0 aliphatic carbocycles. The summed E-state index contributed by atoms with van der Waals surface area (Å²) < 4.78 is 44.0. The van der Waals surface area contributed by atoms with Crippen molar-refractivity contribution in [2.45, 2.75) is 25.9 Å². The third-order valence-corrected chi connectivity index (χ3v) is 6.12. The molecule has 0 radical (unpaired) electrons. The second-order valence-electron chi connectivity index (χ2n) is 8.31. The van der Waals surface area contributed by atoms with Crippen molar-refractivity contribution in [3.8, 4) is 5.82 Å². The van der Waals surface area contributed by atoms with E-state index < -0.39 is 35.2 Å². The Hall–Kier alpha value is -4.23. The number of nitrogens with zero attached hydrogens (tertiary/aromatic N) is 9. The van der Waals surface area contributed by atoms with E-state index in [4.69, 9.17) is 0 Å². The van der Waals surface area contributed by atoms with Crippen LogP contribution in [0.4, 0.5) is 23.9 Å². The first-order chi connectivity index (χ1) is 17.4. The van der Waals surface area contributed by atoms with E-state index in [1.807, 2.05) is 0 Å². The number of amides is 2. The first-order valence-electron chi connectivity index (χ1n) is 11.3.